The zero-order chi connectivity index (χ0) is 19.9. The maximum Gasteiger partial charge on any atom is 0.249 e. The van der Waals surface area contributed by atoms with E-state index in [2.05, 4.69) is 15.8 Å². The fraction of sp³-hybridized carbons (Fsp3) is 0.300. The molecule has 3 aromatic rings. The number of thioether (sulfide) groups is 2. The third-order valence-electron chi connectivity index (χ3n) is 4.03. The summed E-state index contributed by atoms with van der Waals surface area (Å²) in [5.74, 6) is 2.36. The number of nitrogens with zero attached hydrogens (tertiary/aromatic N) is 2. The van der Waals surface area contributed by atoms with E-state index in [-0.39, 0.29) is 5.91 Å². The van der Waals surface area contributed by atoms with Crippen LogP contribution < -0.4 is 9.54 Å². The van der Waals surface area contributed by atoms with Gasteiger partial charge >= 0.3 is 0 Å². The summed E-state index contributed by atoms with van der Waals surface area (Å²) in [6, 6.07) is 13.6. The van der Waals surface area contributed by atoms with Crippen molar-refractivity contribution in [2.75, 3.05) is 24.9 Å². The molecular formula is C20H21ClN2O2S3. The predicted octanol–water partition coefficient (Wildman–Crippen LogP) is 5.34. The van der Waals surface area contributed by atoms with E-state index >= 15 is 0 Å². The molecule has 0 bridgehead atoms. The molecule has 0 spiro atoms. The fourth-order valence-electron chi connectivity index (χ4n) is 2.61. The van der Waals surface area contributed by atoms with E-state index in [1.54, 1.807) is 30.6 Å². The second kappa shape index (κ2) is 10.4. The molecule has 0 atom stereocenters. The summed E-state index contributed by atoms with van der Waals surface area (Å²) in [5, 5.41) is 0.714. The average molecular weight is 453 g/mol. The van der Waals surface area contributed by atoms with Gasteiger partial charge in [0.25, 0.3) is 0 Å². The van der Waals surface area contributed by atoms with Gasteiger partial charge in [-0.25, -0.2) is 0 Å². The van der Waals surface area contributed by atoms with Gasteiger partial charge < -0.3 is 9.30 Å². The van der Waals surface area contributed by atoms with Gasteiger partial charge in [-0.05, 0) is 48.7 Å². The quantitative estimate of drug-likeness (QED) is 0.433. The summed E-state index contributed by atoms with van der Waals surface area (Å²) in [7, 11) is 1.66. The van der Waals surface area contributed by atoms with E-state index < -0.39 is 0 Å². The highest BCUT2D eigenvalue weighted by Crippen LogP contribution is 2.24. The first-order valence-electron chi connectivity index (χ1n) is 8.73. The normalized spacial score (nSPS) is 11.9. The molecule has 1 aromatic heterocycles. The van der Waals surface area contributed by atoms with Crippen molar-refractivity contribution in [3.8, 4) is 5.75 Å². The van der Waals surface area contributed by atoms with Crippen molar-refractivity contribution in [3.63, 3.8) is 0 Å². The molecule has 0 unspecified atom stereocenters. The molecule has 0 N–H and O–H groups in total. The number of aromatic nitrogens is 1. The average Bonchev–Trinajstić information content (AvgIpc) is 3.03. The number of hydrogen-bond acceptors (Lipinski definition) is 5. The van der Waals surface area contributed by atoms with Crippen molar-refractivity contribution in [1.29, 1.82) is 0 Å². The molecule has 1 amide bonds. The Balaban J connectivity index is 1.76. The molecule has 28 heavy (non-hydrogen) atoms. The summed E-state index contributed by atoms with van der Waals surface area (Å²) < 4.78 is 8.52. The minimum absolute atomic E-state index is 0.0992. The topological polar surface area (TPSA) is 43.6 Å². The lowest BCUT2D eigenvalue weighted by atomic mass is 10.3. The second-order valence-electron chi connectivity index (χ2n) is 5.92. The number of carbonyl (C=O) groups excluding carboxylic acids is 1. The van der Waals surface area contributed by atoms with E-state index in [9.17, 15) is 4.79 Å². The third-order valence-corrected chi connectivity index (χ3v) is 6.93. The van der Waals surface area contributed by atoms with Crippen molar-refractivity contribution in [3.05, 3.63) is 52.3 Å². The fourth-order valence-corrected chi connectivity index (χ4v) is 5.05. The lowest BCUT2D eigenvalue weighted by molar-refractivity contribution is -0.117. The maximum absolute atomic E-state index is 12.4. The molecule has 0 aliphatic heterocycles. The van der Waals surface area contributed by atoms with Gasteiger partial charge in [-0.3, -0.25) is 4.79 Å². The van der Waals surface area contributed by atoms with Crippen LogP contribution in [0.5, 0.6) is 5.75 Å². The van der Waals surface area contributed by atoms with E-state index in [1.165, 1.54) is 11.3 Å². The van der Waals surface area contributed by atoms with Gasteiger partial charge in [0.05, 0.1) is 17.3 Å². The van der Waals surface area contributed by atoms with Crippen LogP contribution in [0.15, 0.2) is 52.4 Å². The van der Waals surface area contributed by atoms with Crippen molar-refractivity contribution < 1.29 is 9.53 Å². The Morgan fingerprint density at radius 3 is 2.71 bits per heavy atom. The number of rotatable bonds is 8. The second-order valence-corrected chi connectivity index (χ2v) is 9.52. The predicted molar refractivity (Wildman–Crippen MR) is 122 cm³/mol. The number of fused-ring (bicyclic) bond motifs is 1. The minimum Gasteiger partial charge on any atom is -0.497 e. The number of benzene rings is 2. The number of amides is 1. The van der Waals surface area contributed by atoms with Crippen LogP contribution in [-0.2, 0) is 11.3 Å². The molecule has 2 aromatic carbocycles. The molecule has 0 aliphatic rings. The molecule has 0 saturated carbocycles. The largest absolute Gasteiger partial charge is 0.497 e. The zero-order valence-corrected chi connectivity index (χ0v) is 18.9. The van der Waals surface area contributed by atoms with Gasteiger partial charge in [0.15, 0.2) is 4.80 Å². The highest BCUT2D eigenvalue weighted by Gasteiger charge is 2.09. The summed E-state index contributed by atoms with van der Waals surface area (Å²) >= 11 is 10.8. The van der Waals surface area contributed by atoms with Crippen molar-refractivity contribution >= 4 is 62.6 Å². The number of aryl methyl sites for hydroxylation is 1. The molecule has 0 radical (unpaired) electrons. The highest BCUT2D eigenvalue weighted by atomic mass is 35.5. The first-order valence-corrected chi connectivity index (χ1v) is 12.3. The van der Waals surface area contributed by atoms with Crippen LogP contribution in [0.4, 0.5) is 0 Å². The van der Waals surface area contributed by atoms with Crippen LogP contribution in [0.3, 0.4) is 0 Å². The van der Waals surface area contributed by atoms with Gasteiger partial charge in [0.1, 0.15) is 5.75 Å². The lowest BCUT2D eigenvalue weighted by Crippen LogP contribution is -2.18. The molecule has 0 aliphatic carbocycles. The molecular weight excluding hydrogens is 432 g/mol. The first-order chi connectivity index (χ1) is 13.6. The highest BCUT2D eigenvalue weighted by molar-refractivity contribution is 7.99. The van der Waals surface area contributed by atoms with Crippen LogP contribution in [0.1, 0.15) is 6.42 Å². The Labute approximate surface area is 182 Å². The maximum atomic E-state index is 12.4. The molecule has 4 nitrogen and oxygen atoms in total. The third kappa shape index (κ3) is 5.56. The van der Waals surface area contributed by atoms with Gasteiger partial charge in [-0.2, -0.15) is 16.8 Å². The number of thiazole rings is 1. The van der Waals surface area contributed by atoms with Gasteiger partial charge in [0, 0.05) is 34.4 Å². The number of methoxy groups -OCH3 is 1. The number of halogens is 1. The number of carbonyl (C=O) groups is 1. The Hall–Kier alpha value is -1.41. The molecule has 3 rings (SSSR count). The minimum atomic E-state index is -0.0992. The Morgan fingerprint density at radius 2 is 2.00 bits per heavy atom. The van der Waals surface area contributed by atoms with Crippen LogP contribution in [0.25, 0.3) is 10.2 Å². The monoisotopic (exact) mass is 452 g/mol. The summed E-state index contributed by atoms with van der Waals surface area (Å²) in [6.45, 7) is 0.819. The smallest absolute Gasteiger partial charge is 0.249 e. The van der Waals surface area contributed by atoms with Crippen molar-refractivity contribution in [1.82, 2.24) is 4.57 Å². The molecule has 0 fully saturated rings. The zero-order valence-electron chi connectivity index (χ0n) is 15.7. The first kappa shape index (κ1) is 21.3. The van der Waals surface area contributed by atoms with E-state index in [1.807, 2.05) is 42.5 Å². The Bertz CT molecular complexity index is 1010. The standard InChI is InChI=1S/C20H21ClN2O2S3/c1-25-15-5-8-17-18(13-15)28-20(23(17)10-12-26-2)22-19(24)9-11-27-16-6-3-14(21)4-7-16/h3-8,13H,9-12H2,1-2H3. The molecule has 148 valence electrons. The van der Waals surface area contributed by atoms with Crippen LogP contribution in [-0.4, -0.2) is 35.3 Å². The van der Waals surface area contributed by atoms with Crippen LogP contribution in [0, 0.1) is 0 Å². The number of ether oxygens (including phenoxy) is 1. The van der Waals surface area contributed by atoms with Crippen molar-refractivity contribution in [2.45, 2.75) is 17.9 Å². The van der Waals surface area contributed by atoms with Crippen LogP contribution in [0.2, 0.25) is 5.02 Å². The van der Waals surface area contributed by atoms with E-state index in [0.29, 0.717) is 17.2 Å². The molecule has 0 saturated heterocycles. The number of hydrogen-bond donors (Lipinski definition) is 0. The van der Waals surface area contributed by atoms with Gasteiger partial charge in [0.2, 0.25) is 5.91 Å². The Morgan fingerprint density at radius 1 is 1.21 bits per heavy atom. The Kier molecular flexibility index (Phi) is 7.91. The SMILES string of the molecule is COc1ccc2c(c1)sc(=NC(=O)CCSc1ccc(Cl)cc1)n2CCSC. The lowest BCUT2D eigenvalue weighted by Gasteiger charge is -2.04. The van der Waals surface area contributed by atoms with E-state index in [4.69, 9.17) is 16.3 Å². The molecule has 8 heteroatoms. The van der Waals surface area contributed by atoms with E-state index in [0.717, 1.165) is 38.0 Å². The van der Waals surface area contributed by atoms with Crippen molar-refractivity contribution in [2.24, 2.45) is 4.99 Å². The summed E-state index contributed by atoms with van der Waals surface area (Å²) in [6.07, 6.45) is 2.47. The molecule has 1 heterocycles. The summed E-state index contributed by atoms with van der Waals surface area (Å²) in [4.78, 5) is 18.7. The van der Waals surface area contributed by atoms with Gasteiger partial charge in [-0.15, -0.1) is 11.8 Å². The van der Waals surface area contributed by atoms with Gasteiger partial charge in [-0.1, -0.05) is 22.9 Å². The summed E-state index contributed by atoms with van der Waals surface area (Å²) in [5.41, 5.74) is 1.09. The van der Waals surface area contributed by atoms with Crippen LogP contribution >= 0.6 is 46.5 Å².